The molecule has 1 heteroatoms. The lowest BCUT2D eigenvalue weighted by Crippen LogP contribution is -2.27. The summed E-state index contributed by atoms with van der Waals surface area (Å²) in [5, 5.41) is 3.64. The average Bonchev–Trinajstić information content (AvgIpc) is 2.35. The van der Waals surface area contributed by atoms with Gasteiger partial charge in [-0.05, 0) is 35.4 Å². The summed E-state index contributed by atoms with van der Waals surface area (Å²) in [5.74, 6) is 0.686. The molecule has 0 heterocycles. The van der Waals surface area contributed by atoms with E-state index in [9.17, 15) is 0 Å². The van der Waals surface area contributed by atoms with Gasteiger partial charge in [-0.3, -0.25) is 0 Å². The lowest BCUT2D eigenvalue weighted by Gasteiger charge is -2.26. The molecule has 0 amide bonds. The van der Waals surface area contributed by atoms with E-state index in [1.54, 1.807) is 0 Å². The monoisotopic (exact) mass is 261 g/mol. The fourth-order valence-electron chi connectivity index (χ4n) is 2.68. The third-order valence-electron chi connectivity index (χ3n) is 3.87. The lowest BCUT2D eigenvalue weighted by atomic mass is 9.84. The van der Waals surface area contributed by atoms with Crippen LogP contribution in [0.5, 0.6) is 0 Å². The molecule has 0 saturated carbocycles. The molecule has 0 bridgehead atoms. The number of hydrogen-bond donors (Lipinski definition) is 1. The third-order valence-corrected chi connectivity index (χ3v) is 3.87. The van der Waals surface area contributed by atoms with Crippen LogP contribution in [-0.2, 0) is 5.41 Å². The molecular weight excluding hydrogens is 230 g/mol. The second-order valence-electron chi connectivity index (χ2n) is 6.67. The average molecular weight is 261 g/mol. The zero-order chi connectivity index (χ0) is 14.5. The summed E-state index contributed by atoms with van der Waals surface area (Å²) in [6.07, 6.45) is 2.53. The zero-order valence-corrected chi connectivity index (χ0v) is 13.6. The van der Waals surface area contributed by atoms with Gasteiger partial charge in [-0.2, -0.15) is 0 Å². The Morgan fingerprint density at radius 2 is 1.63 bits per heavy atom. The van der Waals surface area contributed by atoms with E-state index < -0.39 is 0 Å². The van der Waals surface area contributed by atoms with Crippen LogP contribution in [0.3, 0.4) is 0 Å². The van der Waals surface area contributed by atoms with Gasteiger partial charge in [0.2, 0.25) is 0 Å². The Morgan fingerprint density at radius 1 is 1.05 bits per heavy atom. The SMILES string of the molecule is CCCC(C)C(NCC)c1ccc(C(C)(C)C)cc1. The molecule has 0 aliphatic carbocycles. The molecule has 108 valence electrons. The summed E-state index contributed by atoms with van der Waals surface area (Å²) in [7, 11) is 0. The van der Waals surface area contributed by atoms with Crippen molar-refractivity contribution in [3.05, 3.63) is 35.4 Å². The molecule has 19 heavy (non-hydrogen) atoms. The highest BCUT2D eigenvalue weighted by Crippen LogP contribution is 2.28. The first-order chi connectivity index (χ1) is 8.90. The molecule has 0 spiro atoms. The quantitative estimate of drug-likeness (QED) is 0.753. The van der Waals surface area contributed by atoms with Crippen LogP contribution < -0.4 is 5.32 Å². The highest BCUT2D eigenvalue weighted by Gasteiger charge is 2.19. The summed E-state index contributed by atoms with van der Waals surface area (Å²) in [5.41, 5.74) is 3.08. The Morgan fingerprint density at radius 3 is 2.05 bits per heavy atom. The van der Waals surface area contributed by atoms with E-state index in [4.69, 9.17) is 0 Å². The van der Waals surface area contributed by atoms with Gasteiger partial charge >= 0.3 is 0 Å². The summed E-state index contributed by atoms with van der Waals surface area (Å²) in [4.78, 5) is 0. The second-order valence-corrected chi connectivity index (χ2v) is 6.67. The normalized spacial score (nSPS) is 15.3. The first-order valence-electron chi connectivity index (χ1n) is 7.74. The lowest BCUT2D eigenvalue weighted by molar-refractivity contribution is 0.369. The minimum absolute atomic E-state index is 0.237. The first-order valence-corrected chi connectivity index (χ1v) is 7.74. The van der Waals surface area contributed by atoms with Crippen molar-refractivity contribution in [2.75, 3.05) is 6.54 Å². The van der Waals surface area contributed by atoms with Crippen LogP contribution in [0.1, 0.15) is 71.6 Å². The van der Waals surface area contributed by atoms with Crippen molar-refractivity contribution < 1.29 is 0 Å². The molecule has 0 radical (unpaired) electrons. The summed E-state index contributed by atoms with van der Waals surface area (Å²) >= 11 is 0. The van der Waals surface area contributed by atoms with E-state index in [1.165, 1.54) is 24.0 Å². The number of benzene rings is 1. The van der Waals surface area contributed by atoms with Gasteiger partial charge in [0.05, 0.1) is 0 Å². The van der Waals surface area contributed by atoms with Crippen LogP contribution in [0, 0.1) is 5.92 Å². The maximum absolute atomic E-state index is 3.64. The van der Waals surface area contributed by atoms with Crippen LogP contribution in [0.25, 0.3) is 0 Å². The second kappa shape index (κ2) is 7.09. The van der Waals surface area contributed by atoms with Gasteiger partial charge in [0, 0.05) is 6.04 Å². The topological polar surface area (TPSA) is 12.0 Å². The highest BCUT2D eigenvalue weighted by atomic mass is 14.9. The third kappa shape index (κ3) is 4.65. The van der Waals surface area contributed by atoms with Crippen molar-refractivity contribution in [2.24, 2.45) is 5.92 Å². The summed E-state index contributed by atoms with van der Waals surface area (Å²) < 4.78 is 0. The fraction of sp³-hybridized carbons (Fsp3) is 0.667. The molecule has 0 saturated heterocycles. The molecule has 0 aromatic heterocycles. The molecule has 0 fully saturated rings. The van der Waals surface area contributed by atoms with Gasteiger partial charge in [0.15, 0.2) is 0 Å². The molecule has 0 aliphatic heterocycles. The van der Waals surface area contributed by atoms with Gasteiger partial charge in [-0.1, -0.05) is 72.2 Å². The van der Waals surface area contributed by atoms with Crippen LogP contribution in [-0.4, -0.2) is 6.54 Å². The minimum atomic E-state index is 0.237. The maximum Gasteiger partial charge on any atom is 0.0345 e. The van der Waals surface area contributed by atoms with Gasteiger partial charge in [0.1, 0.15) is 0 Å². The van der Waals surface area contributed by atoms with Crippen molar-refractivity contribution in [1.82, 2.24) is 5.32 Å². The van der Waals surface area contributed by atoms with Crippen molar-refractivity contribution >= 4 is 0 Å². The van der Waals surface area contributed by atoms with Crippen molar-refractivity contribution in [1.29, 1.82) is 0 Å². The van der Waals surface area contributed by atoms with Gasteiger partial charge in [0.25, 0.3) is 0 Å². The molecule has 0 aliphatic rings. The molecule has 1 aromatic rings. The largest absolute Gasteiger partial charge is 0.310 e. The van der Waals surface area contributed by atoms with Crippen LogP contribution >= 0.6 is 0 Å². The fourth-order valence-corrected chi connectivity index (χ4v) is 2.68. The zero-order valence-electron chi connectivity index (χ0n) is 13.6. The number of rotatable bonds is 6. The van der Waals surface area contributed by atoms with Gasteiger partial charge < -0.3 is 5.32 Å². The summed E-state index contributed by atoms with van der Waals surface area (Å²) in [6, 6.07) is 9.68. The summed E-state index contributed by atoms with van der Waals surface area (Å²) in [6.45, 7) is 14.6. The molecular formula is C18H31N. The minimum Gasteiger partial charge on any atom is -0.310 e. The van der Waals surface area contributed by atoms with Crippen molar-refractivity contribution in [3.63, 3.8) is 0 Å². The Balaban J connectivity index is 2.91. The highest BCUT2D eigenvalue weighted by molar-refractivity contribution is 5.29. The van der Waals surface area contributed by atoms with Crippen LogP contribution in [0.15, 0.2) is 24.3 Å². The van der Waals surface area contributed by atoms with Crippen LogP contribution in [0.4, 0.5) is 0 Å². The van der Waals surface area contributed by atoms with Gasteiger partial charge in [-0.15, -0.1) is 0 Å². The van der Waals surface area contributed by atoms with E-state index in [2.05, 4.69) is 71.1 Å². The van der Waals surface area contributed by atoms with E-state index >= 15 is 0 Å². The standard InChI is InChI=1S/C18H31N/c1-7-9-14(3)17(19-8-2)15-10-12-16(13-11-15)18(4,5)6/h10-14,17,19H,7-9H2,1-6H3. The molecule has 1 rings (SSSR count). The van der Waals surface area contributed by atoms with E-state index in [1.807, 2.05) is 0 Å². The van der Waals surface area contributed by atoms with E-state index in [0.717, 1.165) is 6.54 Å². The predicted molar refractivity (Wildman–Crippen MR) is 85.6 cm³/mol. The number of hydrogen-bond acceptors (Lipinski definition) is 1. The Labute approximate surface area is 119 Å². The van der Waals surface area contributed by atoms with Gasteiger partial charge in [-0.25, -0.2) is 0 Å². The molecule has 1 aromatic carbocycles. The number of nitrogens with one attached hydrogen (secondary N) is 1. The Hall–Kier alpha value is -0.820. The smallest absolute Gasteiger partial charge is 0.0345 e. The molecule has 1 nitrogen and oxygen atoms in total. The van der Waals surface area contributed by atoms with E-state index in [0.29, 0.717) is 12.0 Å². The Kier molecular flexibility index (Phi) is 6.06. The molecule has 2 unspecified atom stereocenters. The molecule has 1 N–H and O–H groups in total. The van der Waals surface area contributed by atoms with Crippen molar-refractivity contribution in [2.45, 2.75) is 65.8 Å². The Bertz CT molecular complexity index is 358. The van der Waals surface area contributed by atoms with Crippen LogP contribution in [0.2, 0.25) is 0 Å². The predicted octanol–water partition coefficient (Wildman–Crippen LogP) is 5.07. The maximum atomic E-state index is 3.64. The first kappa shape index (κ1) is 16.2. The van der Waals surface area contributed by atoms with E-state index in [-0.39, 0.29) is 5.41 Å². The molecule has 2 atom stereocenters. The van der Waals surface area contributed by atoms with Crippen molar-refractivity contribution in [3.8, 4) is 0 Å².